The van der Waals surface area contributed by atoms with Gasteiger partial charge in [-0.15, -0.1) is 0 Å². The average molecular weight is 265 g/mol. The number of hydrogen-bond donors (Lipinski definition) is 1. The highest BCUT2D eigenvalue weighted by Gasteiger charge is 2.31. The number of aliphatic hydroxyl groups excluding tert-OH is 1. The van der Waals surface area contributed by atoms with Crippen LogP contribution in [0.3, 0.4) is 0 Å². The quantitative estimate of drug-likeness (QED) is 0.894. The summed E-state index contributed by atoms with van der Waals surface area (Å²) in [7, 11) is 1.81. The summed E-state index contributed by atoms with van der Waals surface area (Å²) in [5.74, 6) is 0.0397. The number of aryl methyl sites for hydroxylation is 2. The molecule has 1 N–H and O–H groups in total. The molecule has 1 saturated heterocycles. The summed E-state index contributed by atoms with van der Waals surface area (Å²) in [5, 5.41) is 13.9. The third kappa shape index (κ3) is 2.97. The molecule has 1 aliphatic heterocycles. The van der Waals surface area contributed by atoms with Crippen LogP contribution in [-0.2, 0) is 13.5 Å². The maximum Gasteiger partial charge on any atom is 0.272 e. The van der Waals surface area contributed by atoms with Gasteiger partial charge in [-0.2, -0.15) is 5.10 Å². The molecule has 1 aromatic rings. The van der Waals surface area contributed by atoms with Gasteiger partial charge in [-0.3, -0.25) is 9.48 Å². The van der Waals surface area contributed by atoms with Gasteiger partial charge in [0.15, 0.2) is 0 Å². The molecule has 0 radical (unpaired) electrons. The van der Waals surface area contributed by atoms with Crippen molar-refractivity contribution in [1.82, 2.24) is 14.7 Å². The second-order valence-electron chi connectivity index (χ2n) is 5.38. The first kappa shape index (κ1) is 14.1. The molecule has 1 aliphatic rings. The monoisotopic (exact) mass is 265 g/mol. The van der Waals surface area contributed by atoms with Crippen LogP contribution in [0.15, 0.2) is 6.07 Å². The van der Waals surface area contributed by atoms with Crippen molar-refractivity contribution < 1.29 is 9.90 Å². The van der Waals surface area contributed by atoms with Crippen LogP contribution in [0.4, 0.5) is 0 Å². The number of aromatic nitrogens is 2. The van der Waals surface area contributed by atoms with Crippen molar-refractivity contribution >= 4 is 5.91 Å². The summed E-state index contributed by atoms with van der Waals surface area (Å²) >= 11 is 0. The van der Waals surface area contributed by atoms with Crippen molar-refractivity contribution in [2.75, 3.05) is 6.54 Å². The minimum absolute atomic E-state index is 0.0397. The molecule has 2 atom stereocenters. The van der Waals surface area contributed by atoms with E-state index in [1.807, 2.05) is 24.9 Å². The molecule has 2 unspecified atom stereocenters. The molecule has 0 bridgehead atoms. The van der Waals surface area contributed by atoms with E-state index in [4.69, 9.17) is 0 Å². The van der Waals surface area contributed by atoms with Crippen molar-refractivity contribution in [1.29, 1.82) is 0 Å². The van der Waals surface area contributed by atoms with Gasteiger partial charge in [0.2, 0.25) is 0 Å². The lowest BCUT2D eigenvalue weighted by Crippen LogP contribution is -2.38. The number of hydrogen-bond acceptors (Lipinski definition) is 3. The molecular formula is C14H23N3O2. The molecular weight excluding hydrogens is 242 g/mol. The average Bonchev–Trinajstić information content (AvgIpc) is 2.94. The van der Waals surface area contributed by atoms with Crippen LogP contribution in [0.5, 0.6) is 0 Å². The topological polar surface area (TPSA) is 58.4 Å². The standard InChI is InChI=1S/C14H23N3O2/c1-4-11-9-13(16(3)15-11)14(19)17-7-5-6-12(17)8-10(2)18/h9-10,12,18H,4-8H2,1-3H3. The molecule has 0 saturated carbocycles. The van der Waals surface area contributed by atoms with Crippen molar-refractivity contribution in [2.45, 2.75) is 51.7 Å². The van der Waals surface area contributed by atoms with E-state index in [2.05, 4.69) is 5.10 Å². The Balaban J connectivity index is 2.15. The van der Waals surface area contributed by atoms with Gasteiger partial charge in [-0.25, -0.2) is 0 Å². The second kappa shape index (κ2) is 5.74. The minimum atomic E-state index is -0.365. The molecule has 1 fully saturated rings. The van der Waals surface area contributed by atoms with Gasteiger partial charge in [0.05, 0.1) is 11.8 Å². The molecule has 2 heterocycles. The van der Waals surface area contributed by atoms with Gasteiger partial charge in [0, 0.05) is 19.6 Å². The first-order valence-electron chi connectivity index (χ1n) is 7.04. The van der Waals surface area contributed by atoms with Gasteiger partial charge in [0.1, 0.15) is 5.69 Å². The maximum atomic E-state index is 12.6. The molecule has 2 rings (SSSR count). The van der Waals surface area contributed by atoms with Crippen LogP contribution < -0.4 is 0 Å². The van der Waals surface area contributed by atoms with E-state index in [0.29, 0.717) is 12.1 Å². The van der Waals surface area contributed by atoms with Crippen LogP contribution in [0.1, 0.15) is 49.3 Å². The molecule has 106 valence electrons. The Hall–Kier alpha value is -1.36. The lowest BCUT2D eigenvalue weighted by molar-refractivity contribution is 0.0671. The van der Waals surface area contributed by atoms with Crippen LogP contribution in [0, 0.1) is 0 Å². The lowest BCUT2D eigenvalue weighted by atomic mass is 10.1. The SMILES string of the molecule is CCc1cc(C(=O)N2CCCC2CC(C)O)n(C)n1. The molecule has 1 amide bonds. The van der Waals surface area contributed by atoms with Crippen molar-refractivity contribution in [3.8, 4) is 0 Å². The zero-order valence-corrected chi connectivity index (χ0v) is 12.0. The fourth-order valence-corrected chi connectivity index (χ4v) is 2.79. The Morgan fingerprint density at radius 3 is 2.95 bits per heavy atom. The van der Waals surface area contributed by atoms with Gasteiger partial charge in [0.25, 0.3) is 5.91 Å². The fourth-order valence-electron chi connectivity index (χ4n) is 2.79. The number of carbonyl (C=O) groups is 1. The first-order chi connectivity index (χ1) is 9.02. The summed E-state index contributed by atoms with van der Waals surface area (Å²) in [6.45, 7) is 4.59. The zero-order chi connectivity index (χ0) is 14.0. The van der Waals surface area contributed by atoms with E-state index in [-0.39, 0.29) is 18.1 Å². The third-order valence-electron chi connectivity index (χ3n) is 3.76. The maximum absolute atomic E-state index is 12.6. The first-order valence-corrected chi connectivity index (χ1v) is 7.04. The molecule has 0 aliphatic carbocycles. The summed E-state index contributed by atoms with van der Waals surface area (Å²) in [6, 6.07) is 2.03. The predicted octanol–water partition coefficient (Wildman–Crippen LogP) is 1.36. The Labute approximate surface area is 114 Å². The number of nitrogens with zero attached hydrogens (tertiary/aromatic N) is 3. The van der Waals surface area contributed by atoms with E-state index in [1.165, 1.54) is 0 Å². The Kier molecular flexibility index (Phi) is 4.24. The Morgan fingerprint density at radius 1 is 1.63 bits per heavy atom. The Morgan fingerprint density at radius 2 is 2.37 bits per heavy atom. The number of likely N-dealkylation sites (tertiary alicyclic amines) is 1. The van der Waals surface area contributed by atoms with Crippen LogP contribution in [-0.4, -0.2) is 44.4 Å². The summed E-state index contributed by atoms with van der Waals surface area (Å²) in [6.07, 6.45) is 3.12. The molecule has 5 nitrogen and oxygen atoms in total. The Bertz CT molecular complexity index is 454. The smallest absolute Gasteiger partial charge is 0.272 e. The van der Waals surface area contributed by atoms with Crippen molar-refractivity contribution in [2.24, 2.45) is 7.05 Å². The van der Waals surface area contributed by atoms with Crippen molar-refractivity contribution in [3.63, 3.8) is 0 Å². The van der Waals surface area contributed by atoms with Crippen molar-refractivity contribution in [3.05, 3.63) is 17.5 Å². The fraction of sp³-hybridized carbons (Fsp3) is 0.714. The van der Waals surface area contributed by atoms with Gasteiger partial charge < -0.3 is 10.0 Å². The molecule has 0 aromatic carbocycles. The number of carbonyl (C=O) groups excluding carboxylic acids is 1. The summed E-state index contributed by atoms with van der Waals surface area (Å²) in [4.78, 5) is 14.5. The van der Waals surface area contributed by atoms with Crippen LogP contribution >= 0.6 is 0 Å². The van der Waals surface area contributed by atoms with Gasteiger partial charge >= 0.3 is 0 Å². The van der Waals surface area contributed by atoms with Crippen LogP contribution in [0.25, 0.3) is 0 Å². The highest BCUT2D eigenvalue weighted by Crippen LogP contribution is 2.23. The van der Waals surface area contributed by atoms with E-state index in [0.717, 1.165) is 31.5 Å². The molecule has 1 aromatic heterocycles. The van der Waals surface area contributed by atoms with E-state index < -0.39 is 0 Å². The zero-order valence-electron chi connectivity index (χ0n) is 12.0. The van der Waals surface area contributed by atoms with Gasteiger partial charge in [-0.1, -0.05) is 6.92 Å². The molecule has 19 heavy (non-hydrogen) atoms. The predicted molar refractivity (Wildman–Crippen MR) is 72.9 cm³/mol. The van der Waals surface area contributed by atoms with Gasteiger partial charge in [-0.05, 0) is 38.7 Å². The highest BCUT2D eigenvalue weighted by molar-refractivity contribution is 5.93. The van der Waals surface area contributed by atoms with E-state index in [9.17, 15) is 9.90 Å². The molecule has 5 heteroatoms. The van der Waals surface area contributed by atoms with E-state index >= 15 is 0 Å². The largest absolute Gasteiger partial charge is 0.393 e. The van der Waals surface area contributed by atoms with E-state index in [1.54, 1.807) is 11.6 Å². The highest BCUT2D eigenvalue weighted by atomic mass is 16.3. The van der Waals surface area contributed by atoms with Crippen LogP contribution in [0.2, 0.25) is 0 Å². The summed E-state index contributed by atoms with van der Waals surface area (Å²) in [5.41, 5.74) is 1.59. The third-order valence-corrected chi connectivity index (χ3v) is 3.76. The lowest BCUT2D eigenvalue weighted by Gasteiger charge is -2.25. The normalized spacial score (nSPS) is 20.8. The number of rotatable bonds is 4. The number of aliphatic hydroxyl groups is 1. The minimum Gasteiger partial charge on any atom is -0.393 e. The molecule has 0 spiro atoms. The number of amides is 1. The second-order valence-corrected chi connectivity index (χ2v) is 5.38. The summed E-state index contributed by atoms with van der Waals surface area (Å²) < 4.78 is 1.67.